The molecule has 1 unspecified atom stereocenters. The van der Waals surface area contributed by atoms with Crippen LogP contribution < -0.4 is 5.32 Å². The van der Waals surface area contributed by atoms with E-state index in [-0.39, 0.29) is 35.5 Å². The minimum absolute atomic E-state index is 0.0232. The minimum Gasteiger partial charge on any atom is -0.459 e. The largest absolute Gasteiger partial charge is 0.459 e. The summed E-state index contributed by atoms with van der Waals surface area (Å²) in [5.74, 6) is -0.631. The number of nitrogens with one attached hydrogen (secondary N) is 1. The third-order valence-corrected chi connectivity index (χ3v) is 6.04. The van der Waals surface area contributed by atoms with Crippen molar-refractivity contribution >= 4 is 17.7 Å². The summed E-state index contributed by atoms with van der Waals surface area (Å²) in [5.41, 5.74) is 0.420. The third kappa shape index (κ3) is 4.95. The normalized spacial score (nSPS) is 19.8. The lowest BCUT2D eigenvalue weighted by atomic mass is 9.94. The van der Waals surface area contributed by atoms with Gasteiger partial charge in [-0.2, -0.15) is 0 Å². The smallest absolute Gasteiger partial charge is 0.289 e. The van der Waals surface area contributed by atoms with Crippen LogP contribution in [0.25, 0.3) is 0 Å². The van der Waals surface area contributed by atoms with Crippen LogP contribution in [0.15, 0.2) is 47.1 Å². The Morgan fingerprint density at radius 3 is 2.39 bits per heavy atom. The van der Waals surface area contributed by atoms with Crippen LogP contribution >= 0.6 is 0 Å². The number of hydrogen-bond donors (Lipinski definition) is 1. The van der Waals surface area contributed by atoms with Crippen molar-refractivity contribution in [3.63, 3.8) is 0 Å². The molecule has 1 aromatic heterocycles. The van der Waals surface area contributed by atoms with Crippen molar-refractivity contribution in [3.8, 4) is 0 Å². The lowest BCUT2D eigenvalue weighted by Crippen LogP contribution is -2.51. The number of carbonyl (C=O) groups is 3. The molecule has 4 rings (SSSR count). The third-order valence-electron chi connectivity index (χ3n) is 6.04. The Morgan fingerprint density at radius 2 is 1.71 bits per heavy atom. The van der Waals surface area contributed by atoms with Gasteiger partial charge in [-0.15, -0.1) is 0 Å². The summed E-state index contributed by atoms with van der Waals surface area (Å²) in [5, 5.41) is 2.97. The summed E-state index contributed by atoms with van der Waals surface area (Å²) < 4.78 is 18.2. The zero-order valence-corrected chi connectivity index (χ0v) is 17.3. The average Bonchev–Trinajstić information content (AvgIpc) is 3.34. The predicted molar refractivity (Wildman–Crippen MR) is 111 cm³/mol. The number of furan rings is 1. The van der Waals surface area contributed by atoms with Crippen molar-refractivity contribution in [2.24, 2.45) is 5.92 Å². The molecule has 2 saturated heterocycles. The number of carbonyl (C=O) groups excluding carboxylic acids is 3. The molecule has 2 aliphatic heterocycles. The number of amides is 3. The zero-order valence-electron chi connectivity index (χ0n) is 17.3. The molecule has 0 radical (unpaired) electrons. The second kappa shape index (κ2) is 9.32. The molecule has 164 valence electrons. The second-order valence-corrected chi connectivity index (χ2v) is 8.15. The van der Waals surface area contributed by atoms with E-state index in [2.05, 4.69) is 5.32 Å². The zero-order chi connectivity index (χ0) is 21.8. The van der Waals surface area contributed by atoms with E-state index in [0.717, 1.165) is 12.8 Å². The Kier molecular flexibility index (Phi) is 6.34. The van der Waals surface area contributed by atoms with Crippen LogP contribution in [0.1, 0.15) is 46.6 Å². The molecule has 3 heterocycles. The van der Waals surface area contributed by atoms with E-state index in [1.807, 2.05) is 4.90 Å². The first-order valence-corrected chi connectivity index (χ1v) is 10.7. The molecular weight excluding hydrogens is 401 g/mol. The maximum atomic E-state index is 13.0. The maximum Gasteiger partial charge on any atom is 0.289 e. The second-order valence-electron chi connectivity index (χ2n) is 8.15. The van der Waals surface area contributed by atoms with Crippen LogP contribution in [0, 0.1) is 11.7 Å². The fourth-order valence-corrected chi connectivity index (χ4v) is 4.29. The number of likely N-dealkylation sites (tertiary alicyclic amines) is 2. The average molecular weight is 427 g/mol. The van der Waals surface area contributed by atoms with Gasteiger partial charge in [0, 0.05) is 37.8 Å². The molecule has 8 heteroatoms. The van der Waals surface area contributed by atoms with Crippen molar-refractivity contribution in [1.82, 2.24) is 15.1 Å². The topological polar surface area (TPSA) is 82.9 Å². The summed E-state index contributed by atoms with van der Waals surface area (Å²) in [6, 6.07) is 8.74. The Morgan fingerprint density at radius 1 is 0.968 bits per heavy atom. The van der Waals surface area contributed by atoms with Gasteiger partial charge in [0.1, 0.15) is 5.82 Å². The van der Waals surface area contributed by atoms with E-state index in [9.17, 15) is 18.8 Å². The van der Waals surface area contributed by atoms with E-state index < -0.39 is 0 Å². The molecule has 1 aromatic carbocycles. The van der Waals surface area contributed by atoms with Gasteiger partial charge < -0.3 is 19.5 Å². The summed E-state index contributed by atoms with van der Waals surface area (Å²) in [7, 11) is 0. The van der Waals surface area contributed by atoms with Gasteiger partial charge >= 0.3 is 0 Å². The summed E-state index contributed by atoms with van der Waals surface area (Å²) >= 11 is 0. The first-order valence-electron chi connectivity index (χ1n) is 10.7. The summed E-state index contributed by atoms with van der Waals surface area (Å²) in [6.07, 6.45) is 4.36. The van der Waals surface area contributed by atoms with Gasteiger partial charge in [-0.1, -0.05) is 0 Å². The fraction of sp³-hybridized carbons (Fsp3) is 0.435. The van der Waals surface area contributed by atoms with Crippen LogP contribution in [0.4, 0.5) is 4.39 Å². The van der Waals surface area contributed by atoms with Gasteiger partial charge in [0.2, 0.25) is 5.91 Å². The van der Waals surface area contributed by atoms with Crippen LogP contribution in [0.3, 0.4) is 0 Å². The van der Waals surface area contributed by atoms with Gasteiger partial charge in [0.15, 0.2) is 5.76 Å². The van der Waals surface area contributed by atoms with Gasteiger partial charge in [-0.05, 0) is 62.1 Å². The molecular formula is C23H26FN3O4. The van der Waals surface area contributed by atoms with Gasteiger partial charge in [0.05, 0.1) is 12.2 Å². The monoisotopic (exact) mass is 427 g/mol. The van der Waals surface area contributed by atoms with Crippen molar-refractivity contribution in [2.75, 3.05) is 26.2 Å². The van der Waals surface area contributed by atoms with Crippen LogP contribution in [0.5, 0.6) is 0 Å². The molecule has 1 atom stereocenters. The number of benzene rings is 1. The minimum atomic E-state index is -0.379. The molecule has 2 fully saturated rings. The Hall–Kier alpha value is -3.16. The van der Waals surface area contributed by atoms with Gasteiger partial charge in [-0.25, -0.2) is 4.39 Å². The van der Waals surface area contributed by atoms with E-state index in [1.165, 1.54) is 30.5 Å². The summed E-state index contributed by atoms with van der Waals surface area (Å²) in [4.78, 5) is 41.4. The molecule has 3 amide bonds. The first-order chi connectivity index (χ1) is 15.0. The number of nitrogens with zero attached hydrogens (tertiary/aromatic N) is 2. The first kappa shape index (κ1) is 21.1. The van der Waals surface area contributed by atoms with Crippen LogP contribution in [-0.2, 0) is 4.79 Å². The van der Waals surface area contributed by atoms with E-state index >= 15 is 0 Å². The highest BCUT2D eigenvalue weighted by Crippen LogP contribution is 2.23. The van der Waals surface area contributed by atoms with Crippen molar-refractivity contribution in [1.29, 1.82) is 0 Å². The standard InChI is InChI=1S/C23H26FN3O4/c24-18-7-5-16(6-8-18)21(28)25-19-9-12-26(13-10-19)22(29)17-3-1-11-27(15-17)23(30)20-4-2-14-31-20/h2,4-8,14,17,19H,1,3,9-13,15H2,(H,25,28). The summed E-state index contributed by atoms with van der Waals surface area (Å²) in [6.45, 7) is 2.16. The molecule has 2 aromatic rings. The Bertz CT molecular complexity index is 921. The van der Waals surface area contributed by atoms with Crippen molar-refractivity contribution in [3.05, 3.63) is 59.8 Å². The van der Waals surface area contributed by atoms with Crippen LogP contribution in [-0.4, -0.2) is 59.7 Å². The predicted octanol–water partition coefficient (Wildman–Crippen LogP) is 2.69. The Labute approximate surface area is 180 Å². The number of hydrogen-bond acceptors (Lipinski definition) is 4. The molecule has 0 bridgehead atoms. The fourth-order valence-electron chi connectivity index (χ4n) is 4.29. The highest BCUT2D eigenvalue weighted by molar-refractivity contribution is 5.94. The van der Waals surface area contributed by atoms with Crippen molar-refractivity contribution < 1.29 is 23.2 Å². The van der Waals surface area contributed by atoms with E-state index in [1.54, 1.807) is 17.0 Å². The number of halogens is 1. The highest BCUT2D eigenvalue weighted by Gasteiger charge is 2.34. The number of rotatable bonds is 4. The molecule has 31 heavy (non-hydrogen) atoms. The van der Waals surface area contributed by atoms with Crippen LogP contribution in [0.2, 0.25) is 0 Å². The molecule has 1 N–H and O–H groups in total. The van der Waals surface area contributed by atoms with Gasteiger partial charge in [0.25, 0.3) is 11.8 Å². The van der Waals surface area contributed by atoms with Crippen molar-refractivity contribution in [2.45, 2.75) is 31.7 Å². The Balaban J connectivity index is 1.27. The molecule has 0 aliphatic carbocycles. The van der Waals surface area contributed by atoms with E-state index in [4.69, 9.17) is 4.42 Å². The lowest BCUT2D eigenvalue weighted by molar-refractivity contribution is -0.138. The molecule has 0 spiro atoms. The SMILES string of the molecule is O=C(NC1CCN(C(=O)C2CCCN(C(=O)c3ccco3)C2)CC1)c1ccc(F)cc1. The van der Waals surface area contributed by atoms with Gasteiger partial charge in [-0.3, -0.25) is 14.4 Å². The molecule has 2 aliphatic rings. The molecule has 0 saturated carbocycles. The molecule has 7 nitrogen and oxygen atoms in total. The quantitative estimate of drug-likeness (QED) is 0.813. The maximum absolute atomic E-state index is 13.0. The highest BCUT2D eigenvalue weighted by atomic mass is 19.1. The van der Waals surface area contributed by atoms with E-state index in [0.29, 0.717) is 50.3 Å². The number of piperidine rings is 2. The lowest BCUT2D eigenvalue weighted by Gasteiger charge is -2.37.